The number of aromatic hydroxyl groups is 1. The number of rotatable bonds is 6. The van der Waals surface area contributed by atoms with Crippen molar-refractivity contribution >= 4 is 5.91 Å². The van der Waals surface area contributed by atoms with Gasteiger partial charge in [-0.1, -0.05) is 43.3 Å². The molecule has 1 heterocycles. The molecule has 1 amide bonds. The molecule has 0 aromatic heterocycles. The maximum atomic E-state index is 11.3. The second kappa shape index (κ2) is 7.59. The molecule has 2 aliphatic rings. The average Bonchev–Trinajstić information content (AvgIpc) is 2.67. The van der Waals surface area contributed by atoms with Crippen molar-refractivity contribution in [3.63, 3.8) is 0 Å². The van der Waals surface area contributed by atoms with Crippen molar-refractivity contribution in [2.45, 2.75) is 57.0 Å². The zero-order chi connectivity index (χ0) is 19.7. The number of primary amides is 1. The summed E-state index contributed by atoms with van der Waals surface area (Å²) in [5.41, 5.74) is 9.41. The summed E-state index contributed by atoms with van der Waals surface area (Å²) >= 11 is 0. The summed E-state index contributed by atoms with van der Waals surface area (Å²) in [6.07, 6.45) is 4.25. The van der Waals surface area contributed by atoms with Gasteiger partial charge in [0.15, 0.2) is 0 Å². The molecule has 4 rings (SSSR count). The van der Waals surface area contributed by atoms with Gasteiger partial charge in [-0.15, -0.1) is 0 Å². The minimum Gasteiger partial charge on any atom is -0.508 e. The lowest BCUT2D eigenvalue weighted by molar-refractivity contribution is -0.118. The Kier molecular flexibility index (Phi) is 5.15. The highest BCUT2D eigenvalue weighted by atomic mass is 16.3. The van der Waals surface area contributed by atoms with E-state index < -0.39 is 0 Å². The number of carbonyl (C=O) groups is 1. The van der Waals surface area contributed by atoms with Crippen LogP contribution in [0.5, 0.6) is 5.75 Å². The highest BCUT2D eigenvalue weighted by molar-refractivity contribution is 5.73. The first-order valence-electron chi connectivity index (χ1n) is 10.4. The van der Waals surface area contributed by atoms with E-state index in [-0.39, 0.29) is 11.3 Å². The van der Waals surface area contributed by atoms with Gasteiger partial charge >= 0.3 is 0 Å². The average molecular weight is 379 g/mol. The van der Waals surface area contributed by atoms with Gasteiger partial charge < -0.3 is 10.8 Å². The monoisotopic (exact) mass is 378 g/mol. The van der Waals surface area contributed by atoms with Crippen molar-refractivity contribution < 1.29 is 9.90 Å². The van der Waals surface area contributed by atoms with Crippen LogP contribution in [0.3, 0.4) is 0 Å². The van der Waals surface area contributed by atoms with Crippen molar-refractivity contribution in [2.24, 2.45) is 11.7 Å². The first kappa shape index (κ1) is 19.0. The second-order valence-corrected chi connectivity index (χ2v) is 8.58. The van der Waals surface area contributed by atoms with Crippen LogP contribution in [0.4, 0.5) is 0 Å². The molecule has 0 unspecified atom stereocenters. The topological polar surface area (TPSA) is 66.6 Å². The van der Waals surface area contributed by atoms with E-state index in [0.717, 1.165) is 38.8 Å². The first-order chi connectivity index (χ1) is 13.5. The third-order valence-corrected chi connectivity index (χ3v) is 7.10. The maximum absolute atomic E-state index is 11.3. The van der Waals surface area contributed by atoms with E-state index in [2.05, 4.69) is 48.2 Å². The quantitative estimate of drug-likeness (QED) is 0.804. The number of nitrogens with zero attached hydrogens (tertiary/aromatic N) is 1. The zero-order valence-corrected chi connectivity index (χ0v) is 16.6. The van der Waals surface area contributed by atoms with Crippen LogP contribution in [0.1, 0.15) is 49.3 Å². The molecule has 0 saturated carbocycles. The molecule has 3 atom stereocenters. The molecule has 1 aliphatic carbocycles. The van der Waals surface area contributed by atoms with Gasteiger partial charge in [-0.3, -0.25) is 9.69 Å². The van der Waals surface area contributed by atoms with Crippen molar-refractivity contribution in [3.8, 4) is 5.75 Å². The summed E-state index contributed by atoms with van der Waals surface area (Å²) in [7, 11) is 0. The van der Waals surface area contributed by atoms with E-state index in [1.54, 1.807) is 0 Å². The lowest BCUT2D eigenvalue weighted by Gasteiger charge is -2.56. The molecule has 1 fully saturated rings. The Morgan fingerprint density at radius 3 is 2.79 bits per heavy atom. The predicted molar refractivity (Wildman–Crippen MR) is 111 cm³/mol. The lowest BCUT2D eigenvalue weighted by Crippen LogP contribution is -2.58. The van der Waals surface area contributed by atoms with E-state index in [0.29, 0.717) is 24.1 Å². The van der Waals surface area contributed by atoms with E-state index in [1.165, 1.54) is 16.7 Å². The highest BCUT2D eigenvalue weighted by Gasteiger charge is 2.50. The number of fused-ring (bicyclic) bond motifs is 4. The van der Waals surface area contributed by atoms with E-state index in [1.807, 2.05) is 12.1 Å². The summed E-state index contributed by atoms with van der Waals surface area (Å²) in [6.45, 7) is 4.37. The predicted octanol–water partition coefficient (Wildman–Crippen LogP) is 3.75. The van der Waals surface area contributed by atoms with Crippen molar-refractivity contribution in [3.05, 3.63) is 65.2 Å². The molecule has 4 heteroatoms. The fourth-order valence-electron chi connectivity index (χ4n) is 5.62. The molecule has 2 bridgehead atoms. The van der Waals surface area contributed by atoms with Crippen LogP contribution in [0, 0.1) is 5.92 Å². The number of hydrogen-bond acceptors (Lipinski definition) is 3. The molecule has 3 N–H and O–H groups in total. The van der Waals surface area contributed by atoms with E-state index in [4.69, 9.17) is 5.73 Å². The summed E-state index contributed by atoms with van der Waals surface area (Å²) in [6, 6.07) is 17.0. The van der Waals surface area contributed by atoms with Crippen LogP contribution in [-0.4, -0.2) is 28.5 Å². The smallest absolute Gasteiger partial charge is 0.217 e. The molecular formula is C24H30N2O2. The molecule has 0 radical (unpaired) electrons. The summed E-state index contributed by atoms with van der Waals surface area (Å²) in [5.74, 6) is 0.576. The van der Waals surface area contributed by atoms with E-state index >= 15 is 0 Å². The number of carbonyl (C=O) groups excluding carboxylic acids is 1. The minimum atomic E-state index is -0.228. The molecule has 1 aliphatic heterocycles. The SMILES string of the molecule is C[C@H]1[C@H]2Cc3ccc(O)cc3[C@]1(CCCC(N)=O)CCN2Cc1ccccc1. The highest BCUT2D eigenvalue weighted by Crippen LogP contribution is 2.52. The van der Waals surface area contributed by atoms with Crippen LogP contribution in [0.2, 0.25) is 0 Å². The summed E-state index contributed by atoms with van der Waals surface area (Å²) in [5, 5.41) is 10.2. The number of piperidine rings is 1. The van der Waals surface area contributed by atoms with Gasteiger partial charge in [-0.25, -0.2) is 0 Å². The molecular weight excluding hydrogens is 348 g/mol. The van der Waals surface area contributed by atoms with Crippen LogP contribution in [-0.2, 0) is 23.2 Å². The molecule has 148 valence electrons. The Morgan fingerprint density at radius 1 is 1.25 bits per heavy atom. The van der Waals surface area contributed by atoms with Gasteiger partial charge in [0.05, 0.1) is 0 Å². The Balaban J connectivity index is 1.66. The number of amides is 1. The van der Waals surface area contributed by atoms with Crippen LogP contribution in [0.25, 0.3) is 0 Å². The van der Waals surface area contributed by atoms with Gasteiger partial charge in [0.2, 0.25) is 5.91 Å². The molecule has 4 nitrogen and oxygen atoms in total. The lowest BCUT2D eigenvalue weighted by atomic mass is 9.56. The number of phenolic OH excluding ortho intramolecular Hbond substituents is 1. The number of benzene rings is 2. The van der Waals surface area contributed by atoms with Crippen molar-refractivity contribution in [1.82, 2.24) is 4.90 Å². The van der Waals surface area contributed by atoms with Gasteiger partial charge in [0, 0.05) is 24.4 Å². The van der Waals surface area contributed by atoms with Crippen LogP contribution < -0.4 is 5.73 Å². The standard InChI is InChI=1S/C24H30N2O2/c1-17-22-14-19-9-10-20(27)15-21(19)24(17,11-5-8-23(25)28)12-13-26(22)16-18-6-3-2-4-7-18/h2-4,6-7,9-10,15,17,22,27H,5,8,11-14,16H2,1H3,(H2,25,28)/t17-,22+,24+/m0/s1. The number of likely N-dealkylation sites (tertiary alicyclic amines) is 1. The molecule has 1 saturated heterocycles. The Bertz CT molecular complexity index is 851. The second-order valence-electron chi connectivity index (χ2n) is 8.58. The molecule has 2 aromatic rings. The number of hydrogen-bond donors (Lipinski definition) is 2. The van der Waals surface area contributed by atoms with Gasteiger partial charge in [0.25, 0.3) is 0 Å². The third kappa shape index (κ3) is 3.42. The Labute approximate surface area is 167 Å². The maximum Gasteiger partial charge on any atom is 0.217 e. The minimum absolute atomic E-state index is 0.0135. The summed E-state index contributed by atoms with van der Waals surface area (Å²) in [4.78, 5) is 13.9. The fourth-order valence-corrected chi connectivity index (χ4v) is 5.62. The number of nitrogens with two attached hydrogens (primary N) is 1. The summed E-state index contributed by atoms with van der Waals surface area (Å²) < 4.78 is 0. The Hall–Kier alpha value is -2.33. The number of phenols is 1. The normalized spacial score (nSPS) is 26.6. The van der Waals surface area contributed by atoms with Crippen LogP contribution >= 0.6 is 0 Å². The van der Waals surface area contributed by atoms with Crippen molar-refractivity contribution in [2.75, 3.05) is 6.54 Å². The first-order valence-corrected chi connectivity index (χ1v) is 10.4. The van der Waals surface area contributed by atoms with Crippen LogP contribution in [0.15, 0.2) is 48.5 Å². The molecule has 0 spiro atoms. The van der Waals surface area contributed by atoms with Crippen molar-refractivity contribution in [1.29, 1.82) is 0 Å². The third-order valence-electron chi connectivity index (χ3n) is 7.10. The van der Waals surface area contributed by atoms with Gasteiger partial charge in [-0.05, 0) is 67.0 Å². The molecule has 2 aromatic carbocycles. The fraction of sp³-hybridized carbons (Fsp3) is 0.458. The largest absolute Gasteiger partial charge is 0.508 e. The van der Waals surface area contributed by atoms with Gasteiger partial charge in [-0.2, -0.15) is 0 Å². The van der Waals surface area contributed by atoms with Gasteiger partial charge in [0.1, 0.15) is 5.75 Å². The Morgan fingerprint density at radius 2 is 2.04 bits per heavy atom. The zero-order valence-electron chi connectivity index (χ0n) is 16.6. The molecule has 28 heavy (non-hydrogen) atoms. The van der Waals surface area contributed by atoms with E-state index in [9.17, 15) is 9.90 Å².